The molecule has 0 atom stereocenters. The highest BCUT2D eigenvalue weighted by Gasteiger charge is 2.40. The van der Waals surface area contributed by atoms with Crippen LogP contribution in [0.1, 0.15) is 18.4 Å². The molecule has 1 saturated heterocycles. The lowest BCUT2D eigenvalue weighted by Gasteiger charge is -2.36. The van der Waals surface area contributed by atoms with Crippen molar-refractivity contribution >= 4 is 5.97 Å². The maximum Gasteiger partial charge on any atom is 0.311 e. The van der Waals surface area contributed by atoms with Gasteiger partial charge in [0, 0.05) is 26.3 Å². The van der Waals surface area contributed by atoms with Crippen molar-refractivity contribution in [3.05, 3.63) is 29.8 Å². The topological polar surface area (TPSA) is 59.0 Å². The number of methoxy groups -OCH3 is 1. The number of carboxylic acid groups (broad SMARTS) is 1. The fraction of sp³-hybridized carbons (Fsp3) is 0.562. The molecule has 1 aliphatic heterocycles. The van der Waals surface area contributed by atoms with Crippen molar-refractivity contribution in [2.75, 3.05) is 33.9 Å². The normalized spacial score (nSPS) is 17.7. The Bertz CT molecular complexity index is 483. The van der Waals surface area contributed by atoms with Gasteiger partial charge in [-0.05, 0) is 37.6 Å². The molecule has 1 fully saturated rings. The predicted octanol–water partition coefficient (Wildman–Crippen LogP) is 2.01. The van der Waals surface area contributed by atoms with E-state index in [9.17, 15) is 9.90 Å². The molecule has 0 spiro atoms. The largest absolute Gasteiger partial charge is 0.497 e. The molecule has 1 aromatic carbocycles. The summed E-state index contributed by atoms with van der Waals surface area (Å²) in [5.41, 5.74) is 0.427. The van der Waals surface area contributed by atoms with Crippen molar-refractivity contribution in [2.24, 2.45) is 5.41 Å². The third-order valence-corrected chi connectivity index (χ3v) is 4.06. The molecular formula is C16H23NO4. The monoisotopic (exact) mass is 293 g/mol. The molecule has 116 valence electrons. The summed E-state index contributed by atoms with van der Waals surface area (Å²) in [7, 11) is 3.60. The van der Waals surface area contributed by atoms with Gasteiger partial charge in [-0.25, -0.2) is 0 Å². The zero-order valence-corrected chi connectivity index (χ0v) is 12.7. The molecule has 2 rings (SSSR count). The van der Waals surface area contributed by atoms with Crippen molar-refractivity contribution < 1.29 is 19.4 Å². The minimum absolute atomic E-state index is 0.527. The first-order valence-electron chi connectivity index (χ1n) is 7.18. The van der Waals surface area contributed by atoms with E-state index in [1.807, 2.05) is 31.3 Å². The van der Waals surface area contributed by atoms with E-state index in [0.717, 1.165) is 11.3 Å². The van der Waals surface area contributed by atoms with Crippen molar-refractivity contribution in [3.8, 4) is 5.75 Å². The average molecular weight is 293 g/mol. The number of hydrogen-bond donors (Lipinski definition) is 1. The molecule has 1 N–H and O–H groups in total. The molecular weight excluding hydrogens is 270 g/mol. The van der Waals surface area contributed by atoms with Gasteiger partial charge in [-0.15, -0.1) is 0 Å². The summed E-state index contributed by atoms with van der Waals surface area (Å²) in [4.78, 5) is 13.7. The molecule has 0 aromatic heterocycles. The van der Waals surface area contributed by atoms with Crippen LogP contribution in [0, 0.1) is 5.41 Å². The third kappa shape index (κ3) is 3.95. The second-order valence-corrected chi connectivity index (χ2v) is 5.72. The van der Waals surface area contributed by atoms with Gasteiger partial charge in [-0.3, -0.25) is 4.79 Å². The Morgan fingerprint density at radius 3 is 2.76 bits per heavy atom. The molecule has 0 unspecified atom stereocenters. The number of aliphatic carboxylic acids is 1. The van der Waals surface area contributed by atoms with E-state index in [2.05, 4.69) is 4.90 Å². The Hall–Kier alpha value is -1.59. The van der Waals surface area contributed by atoms with Crippen LogP contribution in [0.25, 0.3) is 0 Å². The lowest BCUT2D eigenvalue weighted by atomic mass is 9.80. The van der Waals surface area contributed by atoms with E-state index in [0.29, 0.717) is 39.1 Å². The van der Waals surface area contributed by atoms with Gasteiger partial charge >= 0.3 is 5.97 Å². The number of ether oxygens (including phenoxy) is 2. The van der Waals surface area contributed by atoms with Crippen LogP contribution in [-0.2, 0) is 16.1 Å². The van der Waals surface area contributed by atoms with Gasteiger partial charge in [0.2, 0.25) is 0 Å². The minimum atomic E-state index is -0.719. The second kappa shape index (κ2) is 6.91. The number of benzene rings is 1. The molecule has 5 nitrogen and oxygen atoms in total. The fourth-order valence-electron chi connectivity index (χ4n) is 2.86. The molecule has 0 aliphatic carbocycles. The molecule has 5 heteroatoms. The minimum Gasteiger partial charge on any atom is -0.497 e. The SMILES string of the molecule is COc1cccc(CN(C)CC2(C(=O)O)CCOCC2)c1. The Balaban J connectivity index is 2.01. The van der Waals surface area contributed by atoms with Crippen molar-refractivity contribution in [1.82, 2.24) is 4.90 Å². The summed E-state index contributed by atoms with van der Waals surface area (Å²) < 4.78 is 10.5. The maximum atomic E-state index is 11.7. The van der Waals surface area contributed by atoms with Gasteiger partial charge in [0.1, 0.15) is 5.75 Å². The molecule has 21 heavy (non-hydrogen) atoms. The number of carbonyl (C=O) groups is 1. The molecule has 0 radical (unpaired) electrons. The standard InChI is InChI=1S/C16H23NO4/c1-17(11-13-4-3-5-14(10-13)20-2)12-16(15(18)19)6-8-21-9-7-16/h3-5,10H,6-9,11-12H2,1-2H3,(H,18,19). The molecule has 0 amide bonds. The first-order chi connectivity index (χ1) is 10.1. The summed E-state index contributed by atoms with van der Waals surface area (Å²) in [6.45, 7) is 2.29. The highest BCUT2D eigenvalue weighted by molar-refractivity contribution is 5.75. The van der Waals surface area contributed by atoms with Gasteiger partial charge < -0.3 is 19.5 Å². The van der Waals surface area contributed by atoms with Crippen LogP contribution in [0.4, 0.5) is 0 Å². The third-order valence-electron chi connectivity index (χ3n) is 4.06. The van der Waals surface area contributed by atoms with Crippen molar-refractivity contribution in [2.45, 2.75) is 19.4 Å². The maximum absolute atomic E-state index is 11.7. The second-order valence-electron chi connectivity index (χ2n) is 5.72. The van der Waals surface area contributed by atoms with Gasteiger partial charge in [0.25, 0.3) is 0 Å². The van der Waals surface area contributed by atoms with Crippen LogP contribution in [0.15, 0.2) is 24.3 Å². The van der Waals surface area contributed by atoms with Gasteiger partial charge in [-0.1, -0.05) is 12.1 Å². The van der Waals surface area contributed by atoms with E-state index in [1.165, 1.54) is 0 Å². The molecule has 0 saturated carbocycles. The van der Waals surface area contributed by atoms with E-state index in [-0.39, 0.29) is 0 Å². The van der Waals surface area contributed by atoms with Gasteiger partial charge in [-0.2, -0.15) is 0 Å². The quantitative estimate of drug-likeness (QED) is 0.869. The van der Waals surface area contributed by atoms with E-state index >= 15 is 0 Å². The Kier molecular flexibility index (Phi) is 5.20. The van der Waals surface area contributed by atoms with Crippen molar-refractivity contribution in [3.63, 3.8) is 0 Å². The number of carboxylic acids is 1. The van der Waals surface area contributed by atoms with Crippen LogP contribution in [0.3, 0.4) is 0 Å². The van der Waals surface area contributed by atoms with Crippen LogP contribution >= 0.6 is 0 Å². The summed E-state index contributed by atoms with van der Waals surface area (Å²) in [6.07, 6.45) is 1.15. The average Bonchev–Trinajstić information content (AvgIpc) is 2.48. The first kappa shape index (κ1) is 15.8. The smallest absolute Gasteiger partial charge is 0.311 e. The van der Waals surface area contributed by atoms with Crippen LogP contribution in [-0.4, -0.2) is 49.9 Å². The Morgan fingerprint density at radius 2 is 2.14 bits per heavy atom. The Morgan fingerprint density at radius 1 is 1.43 bits per heavy atom. The highest BCUT2D eigenvalue weighted by atomic mass is 16.5. The molecule has 1 aromatic rings. The number of hydrogen-bond acceptors (Lipinski definition) is 4. The lowest BCUT2D eigenvalue weighted by molar-refractivity contribution is -0.156. The summed E-state index contributed by atoms with van der Waals surface area (Å²) in [6, 6.07) is 7.86. The fourth-order valence-corrected chi connectivity index (χ4v) is 2.86. The van der Waals surface area contributed by atoms with E-state index in [1.54, 1.807) is 7.11 Å². The first-order valence-corrected chi connectivity index (χ1v) is 7.18. The molecule has 1 heterocycles. The summed E-state index contributed by atoms with van der Waals surface area (Å²) in [5, 5.41) is 9.58. The number of rotatable bonds is 6. The van der Waals surface area contributed by atoms with Crippen LogP contribution in [0.5, 0.6) is 5.75 Å². The van der Waals surface area contributed by atoms with Crippen LogP contribution in [0.2, 0.25) is 0 Å². The van der Waals surface area contributed by atoms with Gasteiger partial charge in [0.15, 0.2) is 0 Å². The molecule has 0 bridgehead atoms. The zero-order chi connectivity index (χ0) is 15.3. The predicted molar refractivity (Wildman–Crippen MR) is 79.4 cm³/mol. The molecule has 1 aliphatic rings. The van der Waals surface area contributed by atoms with E-state index in [4.69, 9.17) is 9.47 Å². The highest BCUT2D eigenvalue weighted by Crippen LogP contribution is 2.32. The van der Waals surface area contributed by atoms with Crippen LogP contribution < -0.4 is 4.74 Å². The van der Waals surface area contributed by atoms with E-state index < -0.39 is 11.4 Å². The number of nitrogens with zero attached hydrogens (tertiary/aromatic N) is 1. The van der Waals surface area contributed by atoms with Gasteiger partial charge in [0.05, 0.1) is 12.5 Å². The Labute approximate surface area is 125 Å². The van der Waals surface area contributed by atoms with Crippen molar-refractivity contribution in [1.29, 1.82) is 0 Å². The summed E-state index contributed by atoms with van der Waals surface area (Å²) in [5.74, 6) is 0.100. The summed E-state index contributed by atoms with van der Waals surface area (Å²) >= 11 is 0. The lowest BCUT2D eigenvalue weighted by Crippen LogP contribution is -2.45. The zero-order valence-electron chi connectivity index (χ0n) is 12.7.